The van der Waals surface area contributed by atoms with Crippen LogP contribution in [0.2, 0.25) is 0 Å². The highest BCUT2D eigenvalue weighted by atomic mass is 15.4. The van der Waals surface area contributed by atoms with Gasteiger partial charge in [-0.05, 0) is 5.56 Å². The molecule has 3 rings (SSSR count). The van der Waals surface area contributed by atoms with Crippen LogP contribution in [0.4, 0.5) is 0 Å². The van der Waals surface area contributed by atoms with Crippen molar-refractivity contribution >= 4 is 5.84 Å². The summed E-state index contributed by atoms with van der Waals surface area (Å²) in [4.78, 5) is 4.32. The average molecular weight is 227 g/mol. The minimum Gasteiger partial charge on any atom is -0.367 e. The van der Waals surface area contributed by atoms with Crippen LogP contribution in [-0.4, -0.2) is 33.9 Å². The van der Waals surface area contributed by atoms with E-state index in [4.69, 9.17) is 0 Å². The first-order valence-corrected chi connectivity index (χ1v) is 5.64. The Bertz CT molecular complexity index is 529. The quantitative estimate of drug-likeness (QED) is 0.838. The minimum atomic E-state index is 0.737. The number of rotatable bonds is 3. The van der Waals surface area contributed by atoms with Gasteiger partial charge < -0.3 is 5.32 Å². The van der Waals surface area contributed by atoms with Crippen molar-refractivity contribution in [3.05, 3.63) is 47.8 Å². The van der Waals surface area contributed by atoms with Gasteiger partial charge in [0.25, 0.3) is 0 Å². The van der Waals surface area contributed by atoms with Gasteiger partial charge in [-0.1, -0.05) is 35.5 Å². The fraction of sp³-hybridized carbons (Fsp3) is 0.250. The van der Waals surface area contributed by atoms with E-state index in [9.17, 15) is 0 Å². The fourth-order valence-electron chi connectivity index (χ4n) is 1.82. The minimum absolute atomic E-state index is 0.737. The van der Waals surface area contributed by atoms with Crippen LogP contribution < -0.4 is 5.32 Å². The Morgan fingerprint density at radius 1 is 1.24 bits per heavy atom. The highest BCUT2D eigenvalue weighted by Crippen LogP contribution is 2.03. The molecule has 0 spiro atoms. The Morgan fingerprint density at radius 3 is 2.88 bits per heavy atom. The first kappa shape index (κ1) is 10.0. The van der Waals surface area contributed by atoms with Gasteiger partial charge in [0.2, 0.25) is 0 Å². The van der Waals surface area contributed by atoms with Crippen molar-refractivity contribution in [1.29, 1.82) is 0 Å². The van der Waals surface area contributed by atoms with Crippen LogP contribution in [0.1, 0.15) is 11.3 Å². The number of nitrogens with one attached hydrogen (secondary N) is 1. The van der Waals surface area contributed by atoms with E-state index in [-0.39, 0.29) is 0 Å². The molecule has 1 aromatic carbocycles. The Labute approximate surface area is 99.2 Å². The average Bonchev–Trinajstić information content (AvgIpc) is 3.00. The Hall–Kier alpha value is -2.17. The molecule has 1 aliphatic rings. The molecule has 2 heterocycles. The number of nitrogens with zero attached hydrogens (tertiary/aromatic N) is 4. The number of hydrogen-bond donors (Lipinski definition) is 1. The molecule has 0 radical (unpaired) electrons. The monoisotopic (exact) mass is 227 g/mol. The molecule has 0 saturated carbocycles. The van der Waals surface area contributed by atoms with Crippen LogP contribution in [0.15, 0.2) is 41.5 Å². The van der Waals surface area contributed by atoms with E-state index in [0.29, 0.717) is 0 Å². The zero-order valence-corrected chi connectivity index (χ0v) is 9.37. The highest BCUT2D eigenvalue weighted by molar-refractivity contribution is 5.97. The van der Waals surface area contributed by atoms with Gasteiger partial charge in [-0.15, -0.1) is 5.10 Å². The molecule has 1 N–H and O–H groups in total. The summed E-state index contributed by atoms with van der Waals surface area (Å²) in [5.41, 5.74) is 2.03. The van der Waals surface area contributed by atoms with E-state index in [2.05, 4.69) is 32.8 Å². The molecule has 2 aromatic rings. The summed E-state index contributed by atoms with van der Waals surface area (Å²) in [5, 5.41) is 11.4. The number of hydrogen-bond acceptors (Lipinski definition) is 4. The maximum atomic E-state index is 4.32. The van der Waals surface area contributed by atoms with Gasteiger partial charge in [0.1, 0.15) is 5.69 Å². The second kappa shape index (κ2) is 4.37. The van der Waals surface area contributed by atoms with Crippen molar-refractivity contribution < 1.29 is 0 Å². The summed E-state index contributed by atoms with van der Waals surface area (Å²) < 4.78 is 1.83. The normalized spacial score (nSPS) is 14.5. The lowest BCUT2D eigenvalue weighted by molar-refractivity contribution is 0.649. The Kier molecular flexibility index (Phi) is 2.57. The van der Waals surface area contributed by atoms with Gasteiger partial charge in [-0.25, -0.2) is 4.68 Å². The van der Waals surface area contributed by atoms with Gasteiger partial charge in [0, 0.05) is 6.54 Å². The first-order chi connectivity index (χ1) is 8.42. The lowest BCUT2D eigenvalue weighted by Crippen LogP contribution is -2.19. The molecular formula is C12H13N5. The summed E-state index contributed by atoms with van der Waals surface area (Å²) in [6, 6.07) is 10.2. The van der Waals surface area contributed by atoms with E-state index in [1.165, 1.54) is 5.56 Å². The Morgan fingerprint density at radius 2 is 2.12 bits per heavy atom. The molecule has 5 heteroatoms. The van der Waals surface area contributed by atoms with Gasteiger partial charge >= 0.3 is 0 Å². The molecule has 0 atom stereocenters. The molecule has 1 aromatic heterocycles. The van der Waals surface area contributed by atoms with Crippen molar-refractivity contribution in [2.75, 3.05) is 13.1 Å². The van der Waals surface area contributed by atoms with Crippen molar-refractivity contribution in [2.45, 2.75) is 6.54 Å². The van der Waals surface area contributed by atoms with Crippen LogP contribution in [0.3, 0.4) is 0 Å². The second-order valence-corrected chi connectivity index (χ2v) is 3.94. The van der Waals surface area contributed by atoms with Crippen molar-refractivity contribution in [1.82, 2.24) is 20.3 Å². The molecule has 0 unspecified atom stereocenters. The second-order valence-electron chi connectivity index (χ2n) is 3.94. The lowest BCUT2D eigenvalue weighted by atomic mass is 10.2. The van der Waals surface area contributed by atoms with E-state index in [0.717, 1.165) is 31.2 Å². The topological polar surface area (TPSA) is 55.1 Å². The van der Waals surface area contributed by atoms with Gasteiger partial charge in [0.15, 0.2) is 5.84 Å². The van der Waals surface area contributed by atoms with E-state index >= 15 is 0 Å². The standard InChI is InChI=1S/C12H13N5/c1-2-4-10(5-3-1)8-17-9-11(15-16-17)12-13-6-7-14-12/h1-5,9H,6-8H2,(H,13,14). The molecule has 86 valence electrons. The molecular weight excluding hydrogens is 214 g/mol. The molecule has 0 fully saturated rings. The van der Waals surface area contributed by atoms with Crippen molar-refractivity contribution in [2.24, 2.45) is 4.99 Å². The predicted octanol–water partition coefficient (Wildman–Crippen LogP) is 0.676. The molecule has 0 amide bonds. The molecule has 1 aliphatic heterocycles. The van der Waals surface area contributed by atoms with Crippen LogP contribution in [-0.2, 0) is 6.54 Å². The number of aromatic nitrogens is 3. The third-order valence-electron chi connectivity index (χ3n) is 2.64. The van der Waals surface area contributed by atoms with Crippen molar-refractivity contribution in [3.8, 4) is 0 Å². The molecule has 0 bridgehead atoms. The highest BCUT2D eigenvalue weighted by Gasteiger charge is 2.11. The third kappa shape index (κ3) is 2.18. The maximum absolute atomic E-state index is 4.32. The van der Waals surface area contributed by atoms with E-state index in [1.54, 1.807) is 0 Å². The predicted molar refractivity (Wildman–Crippen MR) is 65.0 cm³/mol. The zero-order chi connectivity index (χ0) is 11.5. The van der Waals surface area contributed by atoms with Crippen LogP contribution in [0, 0.1) is 0 Å². The van der Waals surface area contributed by atoms with Crippen LogP contribution >= 0.6 is 0 Å². The summed E-state index contributed by atoms with van der Waals surface area (Å²) in [6.07, 6.45) is 1.92. The summed E-state index contributed by atoms with van der Waals surface area (Å²) in [6.45, 7) is 2.45. The molecule has 17 heavy (non-hydrogen) atoms. The van der Waals surface area contributed by atoms with E-state index < -0.39 is 0 Å². The molecule has 0 aliphatic carbocycles. The van der Waals surface area contributed by atoms with Crippen LogP contribution in [0.5, 0.6) is 0 Å². The van der Waals surface area contributed by atoms with Crippen molar-refractivity contribution in [3.63, 3.8) is 0 Å². The molecule has 5 nitrogen and oxygen atoms in total. The lowest BCUT2D eigenvalue weighted by Gasteiger charge is -1.99. The Balaban J connectivity index is 1.77. The number of aliphatic imine (C=N–C) groups is 1. The van der Waals surface area contributed by atoms with Crippen LogP contribution in [0.25, 0.3) is 0 Å². The number of benzene rings is 1. The SMILES string of the molecule is c1ccc(Cn2cc(C3=NCCN3)nn2)cc1. The summed E-state index contributed by atoms with van der Waals surface area (Å²) in [5.74, 6) is 0.851. The summed E-state index contributed by atoms with van der Waals surface area (Å²) in [7, 11) is 0. The smallest absolute Gasteiger partial charge is 0.151 e. The maximum Gasteiger partial charge on any atom is 0.151 e. The third-order valence-corrected chi connectivity index (χ3v) is 2.64. The molecule has 0 saturated heterocycles. The summed E-state index contributed by atoms with van der Waals surface area (Å²) >= 11 is 0. The zero-order valence-electron chi connectivity index (χ0n) is 9.37. The fourth-order valence-corrected chi connectivity index (χ4v) is 1.82. The van der Waals surface area contributed by atoms with E-state index in [1.807, 2.05) is 29.1 Å². The largest absolute Gasteiger partial charge is 0.367 e. The number of amidine groups is 1. The van der Waals surface area contributed by atoms with Gasteiger partial charge in [0.05, 0.1) is 19.3 Å². The first-order valence-electron chi connectivity index (χ1n) is 5.64. The van der Waals surface area contributed by atoms with Gasteiger partial charge in [-0.3, -0.25) is 4.99 Å². The van der Waals surface area contributed by atoms with Gasteiger partial charge in [-0.2, -0.15) is 0 Å².